The van der Waals surface area contributed by atoms with Crippen LogP contribution < -0.4 is 21.7 Å². The first-order valence-electron chi connectivity index (χ1n) is 2.85. The lowest BCUT2D eigenvalue weighted by Gasteiger charge is -1.89. The highest BCUT2D eigenvalue weighted by molar-refractivity contribution is 4.70. The van der Waals surface area contributed by atoms with Gasteiger partial charge >= 0.3 is 0 Å². The molecule has 0 N–H and O–H groups in total. The molecule has 0 aliphatic carbocycles. The van der Waals surface area contributed by atoms with E-state index < -0.39 is 0 Å². The topological polar surface area (TPSA) is 8.81 Å². The quantitative estimate of drug-likeness (QED) is 0.428. The van der Waals surface area contributed by atoms with E-state index in [0.717, 1.165) is 6.54 Å². The van der Waals surface area contributed by atoms with E-state index in [0.29, 0.717) is 0 Å². The Morgan fingerprint density at radius 2 is 2.22 bits per heavy atom. The van der Waals surface area contributed by atoms with E-state index in [1.54, 1.807) is 0 Å². The molecule has 0 bridgehead atoms. The predicted octanol–water partition coefficient (Wildman–Crippen LogP) is -2.66. The molecule has 0 atom stereocenters. The normalized spacial score (nSPS) is 8.67. The largest absolute Gasteiger partial charge is 1.00 e. The number of aromatic nitrogens is 2. The first kappa shape index (κ1) is 8.69. The van der Waals surface area contributed by atoms with Crippen LogP contribution in [0, 0.1) is 0 Å². The molecule has 0 spiro atoms. The minimum Gasteiger partial charge on any atom is -1.00 e. The van der Waals surface area contributed by atoms with Gasteiger partial charge in [-0.1, -0.05) is 0 Å². The van der Waals surface area contributed by atoms with Crippen LogP contribution in [0.2, 0.25) is 0 Å². The molecule has 0 aliphatic rings. The first-order valence-corrected chi connectivity index (χ1v) is 2.85. The Labute approximate surface area is 65.9 Å². The van der Waals surface area contributed by atoms with Crippen LogP contribution in [0.5, 0.6) is 0 Å². The maximum atomic E-state index is 2.12. The molecule has 0 radical (unpaired) electrons. The van der Waals surface area contributed by atoms with Gasteiger partial charge in [0.15, 0.2) is 13.2 Å². The predicted molar refractivity (Wildman–Crippen MR) is 31.3 cm³/mol. The Kier molecular flexibility index (Phi) is 3.54. The SMILES string of the molecule is CCn1ccc[n+]1C.[Br-]. The zero-order valence-corrected chi connectivity index (χ0v) is 7.30. The van der Waals surface area contributed by atoms with Crippen molar-refractivity contribution in [3.8, 4) is 0 Å². The van der Waals surface area contributed by atoms with Gasteiger partial charge in [0.2, 0.25) is 0 Å². The molecule has 0 aliphatic heterocycles. The second-order valence-corrected chi connectivity index (χ2v) is 1.82. The van der Waals surface area contributed by atoms with E-state index in [2.05, 4.69) is 22.5 Å². The summed E-state index contributed by atoms with van der Waals surface area (Å²) >= 11 is 0. The molecule has 1 heterocycles. The number of aryl methyl sites for hydroxylation is 2. The molecule has 2 nitrogen and oxygen atoms in total. The Hall–Kier alpha value is -0.310. The van der Waals surface area contributed by atoms with Crippen LogP contribution in [-0.4, -0.2) is 4.68 Å². The number of hydrogen-bond donors (Lipinski definition) is 0. The van der Waals surface area contributed by atoms with E-state index in [1.807, 2.05) is 19.3 Å². The summed E-state index contributed by atoms with van der Waals surface area (Å²) in [6, 6.07) is 2.03. The summed E-state index contributed by atoms with van der Waals surface area (Å²) in [6.07, 6.45) is 4.09. The molecule has 52 valence electrons. The molecule has 9 heavy (non-hydrogen) atoms. The average Bonchev–Trinajstić information content (AvgIpc) is 2.14. The van der Waals surface area contributed by atoms with Crippen molar-refractivity contribution in [2.45, 2.75) is 13.5 Å². The smallest absolute Gasteiger partial charge is 0.195 e. The highest BCUT2D eigenvalue weighted by Gasteiger charge is 1.94. The van der Waals surface area contributed by atoms with E-state index >= 15 is 0 Å². The summed E-state index contributed by atoms with van der Waals surface area (Å²) in [4.78, 5) is 0. The monoisotopic (exact) mass is 190 g/mol. The summed E-state index contributed by atoms with van der Waals surface area (Å²) in [7, 11) is 2.03. The third-order valence-corrected chi connectivity index (χ3v) is 1.29. The lowest BCUT2D eigenvalue weighted by molar-refractivity contribution is -0.753. The maximum absolute atomic E-state index is 2.12. The third kappa shape index (κ3) is 1.82. The molecule has 0 unspecified atom stereocenters. The lowest BCUT2D eigenvalue weighted by atomic mass is 10.7. The summed E-state index contributed by atoms with van der Waals surface area (Å²) in [6.45, 7) is 3.17. The van der Waals surface area contributed by atoms with Gasteiger partial charge in [0, 0.05) is 6.07 Å². The van der Waals surface area contributed by atoms with E-state index in [4.69, 9.17) is 0 Å². The van der Waals surface area contributed by atoms with Crippen LogP contribution in [0.3, 0.4) is 0 Å². The van der Waals surface area contributed by atoms with Gasteiger partial charge in [-0.2, -0.15) is 4.68 Å². The summed E-state index contributed by atoms with van der Waals surface area (Å²) < 4.78 is 4.18. The van der Waals surface area contributed by atoms with Crippen LogP contribution in [-0.2, 0) is 13.6 Å². The van der Waals surface area contributed by atoms with Gasteiger partial charge in [0.05, 0.1) is 12.7 Å². The van der Waals surface area contributed by atoms with Crippen molar-refractivity contribution in [2.75, 3.05) is 0 Å². The second kappa shape index (κ2) is 3.67. The molecule has 1 aromatic rings. The standard InChI is InChI=1S/C6H11N2.BrH/c1-3-8-6-4-5-7(8)2;/h4-6H,3H2,1-2H3;1H/q+1;/p-1. The number of halogens is 1. The molecule has 0 saturated carbocycles. The highest BCUT2D eigenvalue weighted by atomic mass is 79.9. The van der Waals surface area contributed by atoms with Gasteiger partial charge in [-0.05, 0) is 6.92 Å². The first-order chi connectivity index (χ1) is 3.84. The van der Waals surface area contributed by atoms with Crippen LogP contribution in [0.15, 0.2) is 18.5 Å². The molecule has 0 saturated heterocycles. The van der Waals surface area contributed by atoms with Crippen molar-refractivity contribution in [3.63, 3.8) is 0 Å². The fraction of sp³-hybridized carbons (Fsp3) is 0.500. The summed E-state index contributed by atoms with van der Waals surface area (Å²) in [5, 5.41) is 0. The van der Waals surface area contributed by atoms with Gasteiger partial charge in [0.1, 0.15) is 0 Å². The molecule has 0 fully saturated rings. The fourth-order valence-electron chi connectivity index (χ4n) is 0.782. The zero-order valence-electron chi connectivity index (χ0n) is 5.71. The van der Waals surface area contributed by atoms with Crippen LogP contribution >= 0.6 is 0 Å². The van der Waals surface area contributed by atoms with Crippen LogP contribution in [0.1, 0.15) is 6.92 Å². The molecule has 0 amide bonds. The minimum absolute atomic E-state index is 0. The Bertz CT molecular complexity index is 171. The molecular formula is C6H11BrN2. The molecule has 3 heteroatoms. The Balaban J connectivity index is 0.000000640. The van der Waals surface area contributed by atoms with Crippen LogP contribution in [0.4, 0.5) is 0 Å². The molecule has 1 rings (SSSR count). The van der Waals surface area contributed by atoms with Crippen LogP contribution in [0.25, 0.3) is 0 Å². The molecule has 1 aromatic heterocycles. The minimum atomic E-state index is 0. The molecule has 0 aromatic carbocycles. The van der Waals surface area contributed by atoms with Gasteiger partial charge < -0.3 is 17.0 Å². The maximum Gasteiger partial charge on any atom is 0.195 e. The Morgan fingerprint density at radius 3 is 2.44 bits per heavy atom. The van der Waals surface area contributed by atoms with Gasteiger partial charge in [-0.15, -0.1) is 4.68 Å². The van der Waals surface area contributed by atoms with Crippen molar-refractivity contribution in [2.24, 2.45) is 7.05 Å². The zero-order chi connectivity index (χ0) is 5.98. The lowest BCUT2D eigenvalue weighted by Crippen LogP contribution is -3.00. The average molecular weight is 191 g/mol. The van der Waals surface area contributed by atoms with Gasteiger partial charge in [-0.25, -0.2) is 0 Å². The Morgan fingerprint density at radius 1 is 1.56 bits per heavy atom. The fourth-order valence-corrected chi connectivity index (χ4v) is 0.782. The third-order valence-electron chi connectivity index (χ3n) is 1.29. The van der Waals surface area contributed by atoms with Crippen molar-refractivity contribution in [1.29, 1.82) is 0 Å². The van der Waals surface area contributed by atoms with Crippen molar-refractivity contribution < 1.29 is 21.7 Å². The number of rotatable bonds is 1. The van der Waals surface area contributed by atoms with Crippen molar-refractivity contribution in [3.05, 3.63) is 18.5 Å². The number of hydrogen-bond acceptors (Lipinski definition) is 0. The van der Waals surface area contributed by atoms with Gasteiger partial charge in [0.25, 0.3) is 0 Å². The summed E-state index contributed by atoms with van der Waals surface area (Å²) in [5.41, 5.74) is 0. The molecular weight excluding hydrogens is 180 g/mol. The van der Waals surface area contributed by atoms with E-state index in [-0.39, 0.29) is 17.0 Å². The highest BCUT2D eigenvalue weighted by Crippen LogP contribution is 1.77. The van der Waals surface area contributed by atoms with E-state index in [9.17, 15) is 0 Å². The second-order valence-electron chi connectivity index (χ2n) is 1.82. The van der Waals surface area contributed by atoms with Crippen molar-refractivity contribution >= 4 is 0 Å². The van der Waals surface area contributed by atoms with Gasteiger partial charge in [-0.3, -0.25) is 0 Å². The van der Waals surface area contributed by atoms with Crippen molar-refractivity contribution in [1.82, 2.24) is 4.68 Å². The summed E-state index contributed by atoms with van der Waals surface area (Å²) in [5.74, 6) is 0. The van der Waals surface area contributed by atoms with E-state index in [1.165, 1.54) is 0 Å². The number of nitrogens with zero attached hydrogens (tertiary/aromatic N) is 2.